The lowest BCUT2D eigenvalue weighted by Gasteiger charge is -2.24. The molecule has 1 aromatic rings. The van der Waals surface area contributed by atoms with Gasteiger partial charge in [0.15, 0.2) is 0 Å². The summed E-state index contributed by atoms with van der Waals surface area (Å²) in [5.41, 5.74) is 0.916. The van der Waals surface area contributed by atoms with E-state index in [-0.39, 0.29) is 30.5 Å². The third kappa shape index (κ3) is 6.22. The maximum absolute atomic E-state index is 12.2. The van der Waals surface area contributed by atoms with E-state index in [1.165, 1.54) is 0 Å². The third-order valence-electron chi connectivity index (χ3n) is 4.72. The minimum absolute atomic E-state index is 0. The molecule has 1 aliphatic carbocycles. The molecule has 2 unspecified atom stereocenters. The van der Waals surface area contributed by atoms with Gasteiger partial charge in [0.2, 0.25) is 0 Å². The number of quaternary nitrogens is 1. The second kappa shape index (κ2) is 10.0. The smallest absolute Gasteiger partial charge is 0.141 e. The van der Waals surface area contributed by atoms with Crippen LogP contribution in [0.2, 0.25) is 0 Å². The zero-order chi connectivity index (χ0) is 15.9. The Morgan fingerprint density at radius 1 is 1.22 bits per heavy atom. The monoisotopic (exact) mass is 341 g/mol. The summed E-state index contributed by atoms with van der Waals surface area (Å²) in [5, 5.41) is 21.8. The van der Waals surface area contributed by atoms with E-state index in [9.17, 15) is 15.0 Å². The van der Waals surface area contributed by atoms with E-state index in [1.54, 1.807) is 0 Å². The molecule has 4 N–H and O–H groups in total. The lowest BCUT2D eigenvalue weighted by Crippen LogP contribution is -3.00. The molecule has 1 saturated carbocycles. The fourth-order valence-corrected chi connectivity index (χ4v) is 3.17. The minimum atomic E-state index is -0.513. The number of ketones is 1. The number of halogens is 1. The van der Waals surface area contributed by atoms with Gasteiger partial charge in [0.25, 0.3) is 0 Å². The van der Waals surface area contributed by atoms with Gasteiger partial charge in [-0.1, -0.05) is 30.3 Å². The van der Waals surface area contributed by atoms with Crippen LogP contribution in [0.5, 0.6) is 0 Å². The molecule has 5 heteroatoms. The van der Waals surface area contributed by atoms with Gasteiger partial charge in [-0.2, -0.15) is 0 Å². The van der Waals surface area contributed by atoms with Crippen LogP contribution in [0.3, 0.4) is 0 Å². The van der Waals surface area contributed by atoms with Crippen LogP contribution in [0.15, 0.2) is 30.3 Å². The molecule has 2 rings (SSSR count). The number of nitrogens with two attached hydrogens (primary N) is 1. The van der Waals surface area contributed by atoms with Gasteiger partial charge in [0.1, 0.15) is 17.9 Å². The zero-order valence-corrected chi connectivity index (χ0v) is 14.5. The van der Waals surface area contributed by atoms with Crippen molar-refractivity contribution in [3.63, 3.8) is 0 Å². The first kappa shape index (κ1) is 20.1. The number of hydrogen-bond donors (Lipinski definition) is 3. The molecule has 0 spiro atoms. The van der Waals surface area contributed by atoms with Crippen molar-refractivity contribution in [2.45, 2.75) is 57.3 Å². The number of carbonyl (C=O) groups excluding carboxylic acids is 1. The molecule has 2 atom stereocenters. The van der Waals surface area contributed by atoms with Crippen LogP contribution < -0.4 is 17.7 Å². The fourth-order valence-electron chi connectivity index (χ4n) is 3.17. The van der Waals surface area contributed by atoms with Crippen molar-refractivity contribution in [2.75, 3.05) is 6.54 Å². The molecule has 130 valence electrons. The van der Waals surface area contributed by atoms with Crippen LogP contribution in [0.4, 0.5) is 0 Å². The van der Waals surface area contributed by atoms with E-state index >= 15 is 0 Å². The van der Waals surface area contributed by atoms with Crippen LogP contribution in [0.1, 0.15) is 50.7 Å². The van der Waals surface area contributed by atoms with E-state index in [2.05, 4.69) is 0 Å². The summed E-state index contributed by atoms with van der Waals surface area (Å²) in [7, 11) is 0. The molecular formula is C18H28ClNO3. The fraction of sp³-hybridized carbons (Fsp3) is 0.611. The molecule has 0 amide bonds. The Morgan fingerprint density at radius 2 is 1.83 bits per heavy atom. The summed E-state index contributed by atoms with van der Waals surface area (Å²) in [4.78, 5) is 12.2. The summed E-state index contributed by atoms with van der Waals surface area (Å²) < 4.78 is 0. The van der Waals surface area contributed by atoms with Crippen molar-refractivity contribution >= 4 is 5.78 Å². The predicted octanol–water partition coefficient (Wildman–Crippen LogP) is -1.81. The highest BCUT2D eigenvalue weighted by atomic mass is 35.5. The average molecular weight is 342 g/mol. The molecule has 1 aliphatic rings. The highest BCUT2D eigenvalue weighted by molar-refractivity contribution is 5.81. The summed E-state index contributed by atoms with van der Waals surface area (Å²) >= 11 is 0. The minimum Gasteiger partial charge on any atom is -1.00 e. The number of rotatable bonds is 7. The number of aliphatic hydroxyl groups is 2. The predicted molar refractivity (Wildman–Crippen MR) is 85.2 cm³/mol. The van der Waals surface area contributed by atoms with Crippen LogP contribution in [0.25, 0.3) is 0 Å². The van der Waals surface area contributed by atoms with Crippen LogP contribution >= 0.6 is 0 Å². The number of carbonyl (C=O) groups is 1. The van der Waals surface area contributed by atoms with Crippen LogP contribution in [-0.2, 0) is 4.79 Å². The van der Waals surface area contributed by atoms with Gasteiger partial charge in [0.05, 0.1) is 19.1 Å². The second-order valence-corrected chi connectivity index (χ2v) is 6.46. The Hall–Kier alpha value is -0.940. The van der Waals surface area contributed by atoms with Gasteiger partial charge in [-0.25, -0.2) is 0 Å². The number of aliphatic hydroxyl groups excluding tert-OH is 2. The maximum Gasteiger partial charge on any atom is 0.141 e. The van der Waals surface area contributed by atoms with E-state index in [0.717, 1.165) is 31.2 Å². The summed E-state index contributed by atoms with van der Waals surface area (Å²) in [6.45, 7) is 2.70. The van der Waals surface area contributed by atoms with Gasteiger partial charge in [-0.3, -0.25) is 4.79 Å². The first-order valence-electron chi connectivity index (χ1n) is 8.35. The van der Waals surface area contributed by atoms with E-state index < -0.39 is 6.10 Å². The molecule has 0 aliphatic heterocycles. The van der Waals surface area contributed by atoms with Crippen LogP contribution in [0, 0.1) is 5.92 Å². The second-order valence-electron chi connectivity index (χ2n) is 6.46. The van der Waals surface area contributed by atoms with Gasteiger partial charge in [-0.15, -0.1) is 0 Å². The Balaban J connectivity index is 0.00000264. The lowest BCUT2D eigenvalue weighted by molar-refractivity contribution is -0.693. The quantitative estimate of drug-likeness (QED) is 0.547. The van der Waals surface area contributed by atoms with E-state index in [0.29, 0.717) is 18.7 Å². The summed E-state index contributed by atoms with van der Waals surface area (Å²) in [5.74, 6) is 0.440. The van der Waals surface area contributed by atoms with E-state index in [4.69, 9.17) is 0 Å². The standard InChI is InChI=1S/C18H27NO3.ClH/c1-13(18(22)15-5-3-2-4-6-15)19-12-11-17(21)14-7-9-16(20)10-8-14;/h2-6,13-14,16,18-20,22H,7-12H2,1H3;1H. The Bertz CT molecular complexity index is 461. The molecule has 0 heterocycles. The van der Waals surface area contributed by atoms with Gasteiger partial charge >= 0.3 is 0 Å². The largest absolute Gasteiger partial charge is 1.00 e. The first-order valence-corrected chi connectivity index (χ1v) is 8.35. The Labute approximate surface area is 144 Å². The molecule has 0 bridgehead atoms. The van der Waals surface area contributed by atoms with Crippen molar-refractivity contribution in [3.05, 3.63) is 35.9 Å². The maximum atomic E-state index is 12.2. The number of Topliss-reactive ketones (excluding diaryl/α,β-unsaturated/α-hetero) is 1. The summed E-state index contributed by atoms with van der Waals surface area (Å²) in [6, 6.07) is 9.66. The van der Waals surface area contributed by atoms with Crippen molar-refractivity contribution in [1.29, 1.82) is 0 Å². The SMILES string of the molecule is CC([NH2+]CCC(=O)C1CCC(O)CC1)C(O)c1ccccc1.[Cl-]. The molecule has 0 saturated heterocycles. The Kier molecular flexibility index (Phi) is 8.77. The summed E-state index contributed by atoms with van der Waals surface area (Å²) in [6.07, 6.45) is 2.97. The topological polar surface area (TPSA) is 74.1 Å². The average Bonchev–Trinajstić information content (AvgIpc) is 2.55. The third-order valence-corrected chi connectivity index (χ3v) is 4.72. The van der Waals surface area contributed by atoms with Crippen molar-refractivity contribution in [3.8, 4) is 0 Å². The lowest BCUT2D eigenvalue weighted by atomic mass is 9.84. The van der Waals surface area contributed by atoms with Gasteiger partial charge in [-0.05, 0) is 38.2 Å². The van der Waals surface area contributed by atoms with Crippen molar-refractivity contribution < 1.29 is 32.7 Å². The van der Waals surface area contributed by atoms with Crippen molar-refractivity contribution in [1.82, 2.24) is 0 Å². The molecule has 23 heavy (non-hydrogen) atoms. The van der Waals surface area contributed by atoms with Gasteiger partial charge < -0.3 is 27.9 Å². The molecule has 4 nitrogen and oxygen atoms in total. The highest BCUT2D eigenvalue weighted by Crippen LogP contribution is 2.25. The number of hydrogen-bond acceptors (Lipinski definition) is 3. The normalized spacial score (nSPS) is 23.6. The zero-order valence-electron chi connectivity index (χ0n) is 13.7. The highest BCUT2D eigenvalue weighted by Gasteiger charge is 2.25. The van der Waals surface area contributed by atoms with E-state index in [1.807, 2.05) is 42.6 Å². The number of benzene rings is 1. The molecule has 1 aromatic carbocycles. The molecule has 0 radical (unpaired) electrons. The first-order chi connectivity index (χ1) is 10.6. The molecular weight excluding hydrogens is 314 g/mol. The Morgan fingerprint density at radius 3 is 2.43 bits per heavy atom. The molecule has 0 aromatic heterocycles. The molecule has 1 fully saturated rings. The van der Waals surface area contributed by atoms with Crippen molar-refractivity contribution in [2.24, 2.45) is 5.92 Å². The van der Waals surface area contributed by atoms with Crippen LogP contribution in [-0.4, -0.2) is 34.7 Å². The van der Waals surface area contributed by atoms with Gasteiger partial charge in [0, 0.05) is 5.92 Å².